The lowest BCUT2D eigenvalue weighted by atomic mass is 10.2. The van der Waals surface area contributed by atoms with Crippen molar-refractivity contribution in [1.82, 2.24) is 14.1 Å². The van der Waals surface area contributed by atoms with E-state index in [0.717, 1.165) is 10.1 Å². The second-order valence-electron chi connectivity index (χ2n) is 7.85. The van der Waals surface area contributed by atoms with Crippen molar-refractivity contribution in [2.24, 2.45) is 0 Å². The van der Waals surface area contributed by atoms with Gasteiger partial charge in [-0.15, -0.1) is 0 Å². The molecule has 1 saturated heterocycles. The van der Waals surface area contributed by atoms with Gasteiger partial charge in [0.25, 0.3) is 5.56 Å². The fraction of sp³-hybridized carbons (Fsp3) is 0.545. The highest BCUT2D eigenvalue weighted by Crippen LogP contribution is 2.23. The van der Waals surface area contributed by atoms with Crippen molar-refractivity contribution in [2.45, 2.75) is 53.1 Å². The van der Waals surface area contributed by atoms with Crippen molar-refractivity contribution >= 4 is 5.82 Å². The highest BCUT2D eigenvalue weighted by Gasteiger charge is 2.33. The molecule has 0 N–H and O–H groups in total. The Morgan fingerprint density at radius 3 is 2.32 bits per heavy atom. The molecule has 1 aromatic carbocycles. The number of rotatable bonds is 5. The van der Waals surface area contributed by atoms with Gasteiger partial charge in [0, 0.05) is 27.2 Å². The van der Waals surface area contributed by atoms with Gasteiger partial charge in [-0.25, -0.2) is 18.8 Å². The first-order valence-corrected chi connectivity index (χ1v) is 10.4. The van der Waals surface area contributed by atoms with Gasteiger partial charge in [-0.3, -0.25) is 14.4 Å². The van der Waals surface area contributed by atoms with Gasteiger partial charge in [0.2, 0.25) is 0 Å². The van der Waals surface area contributed by atoms with Crippen LogP contribution < -0.4 is 16.3 Å². The van der Waals surface area contributed by atoms with E-state index in [2.05, 4.69) is 0 Å². The highest BCUT2D eigenvalue weighted by molar-refractivity contribution is 5.47. The molecule has 2 aromatic rings. The quantitative estimate of drug-likeness (QED) is 0.671. The van der Waals surface area contributed by atoms with Gasteiger partial charge in [-0.05, 0) is 38.5 Å². The van der Waals surface area contributed by atoms with Gasteiger partial charge in [0.05, 0.1) is 18.8 Å². The molecule has 0 amide bonds. The molecule has 8 nitrogen and oxygen atoms in total. The maximum atomic E-state index is 14.8. The first-order chi connectivity index (χ1) is 14.5. The van der Waals surface area contributed by atoms with E-state index in [-0.39, 0.29) is 24.7 Å². The third-order valence-electron chi connectivity index (χ3n) is 4.90. The Hall–Kier alpha value is -2.49. The average molecular weight is 437 g/mol. The van der Waals surface area contributed by atoms with Crippen molar-refractivity contribution in [3.05, 3.63) is 56.5 Å². The van der Waals surface area contributed by atoms with Gasteiger partial charge in [-0.1, -0.05) is 19.9 Å². The van der Waals surface area contributed by atoms with Crippen molar-refractivity contribution < 1.29 is 13.9 Å². The smallest absolute Gasteiger partial charge is 0.337 e. The Balaban J connectivity index is 0.00000166. The van der Waals surface area contributed by atoms with Crippen molar-refractivity contribution in [1.29, 1.82) is 0 Å². The first kappa shape index (κ1) is 24.8. The van der Waals surface area contributed by atoms with Gasteiger partial charge < -0.3 is 9.47 Å². The molecule has 0 unspecified atom stereocenters. The van der Waals surface area contributed by atoms with Crippen LogP contribution in [0.2, 0.25) is 0 Å². The lowest BCUT2D eigenvalue weighted by Gasteiger charge is -2.29. The van der Waals surface area contributed by atoms with Crippen LogP contribution in [0.5, 0.6) is 0 Å². The lowest BCUT2D eigenvalue weighted by Crippen LogP contribution is -2.46. The molecule has 1 atom stereocenters. The molecule has 1 fully saturated rings. The van der Waals surface area contributed by atoms with Crippen LogP contribution in [0.3, 0.4) is 0 Å². The molecule has 2 heterocycles. The second kappa shape index (κ2) is 9.76. The number of nitrogens with zero attached hydrogens (tertiary/aromatic N) is 4. The van der Waals surface area contributed by atoms with Crippen LogP contribution in [-0.4, -0.2) is 53.8 Å². The fourth-order valence-electron chi connectivity index (χ4n) is 3.25. The minimum atomic E-state index is -0.776. The average Bonchev–Trinajstić information content (AvgIpc) is 3.05. The van der Waals surface area contributed by atoms with Crippen molar-refractivity contribution in [3.63, 3.8) is 0 Å². The van der Waals surface area contributed by atoms with Crippen LogP contribution in [0.4, 0.5) is 10.2 Å². The first-order valence-electron chi connectivity index (χ1n) is 10.4. The summed E-state index contributed by atoms with van der Waals surface area (Å²) in [7, 11) is 5.22. The number of hydrogen-bond donors (Lipinski definition) is 0. The summed E-state index contributed by atoms with van der Waals surface area (Å²) in [6.07, 6.45) is -0.454. The SMILES string of the molecule is CC.Cc1ccc(-n2c(N(C)N(C)C)cc(=O)n(C[C@H]3COC(C)(C)O3)c2=O)c(F)c1. The molecule has 1 aliphatic rings. The largest absolute Gasteiger partial charge is 0.348 e. The number of halogens is 1. The van der Waals surface area contributed by atoms with Crippen LogP contribution in [0, 0.1) is 12.7 Å². The molecule has 0 radical (unpaired) electrons. The van der Waals surface area contributed by atoms with E-state index in [4.69, 9.17) is 9.47 Å². The highest BCUT2D eigenvalue weighted by atomic mass is 19.1. The molecule has 0 spiro atoms. The molecule has 172 valence electrons. The molecular weight excluding hydrogens is 403 g/mol. The minimum Gasteiger partial charge on any atom is -0.348 e. The summed E-state index contributed by atoms with van der Waals surface area (Å²) in [5.41, 5.74) is -0.330. The summed E-state index contributed by atoms with van der Waals surface area (Å²) in [6.45, 7) is 9.58. The van der Waals surface area contributed by atoms with Crippen LogP contribution >= 0.6 is 0 Å². The van der Waals surface area contributed by atoms with E-state index in [1.807, 2.05) is 13.8 Å². The monoisotopic (exact) mass is 436 g/mol. The number of aryl methyl sites for hydroxylation is 1. The second-order valence-corrected chi connectivity index (χ2v) is 7.85. The van der Waals surface area contributed by atoms with Crippen molar-refractivity contribution in [2.75, 3.05) is 32.8 Å². The summed E-state index contributed by atoms with van der Waals surface area (Å²) in [6, 6.07) is 5.93. The molecule has 0 saturated carbocycles. The fourth-order valence-corrected chi connectivity index (χ4v) is 3.25. The lowest BCUT2D eigenvalue weighted by molar-refractivity contribution is -0.139. The molecule has 31 heavy (non-hydrogen) atoms. The zero-order chi connectivity index (χ0) is 23.5. The summed E-state index contributed by atoms with van der Waals surface area (Å²) in [4.78, 5) is 26.1. The third-order valence-corrected chi connectivity index (χ3v) is 4.90. The van der Waals surface area contributed by atoms with Gasteiger partial charge >= 0.3 is 5.69 Å². The Labute approximate surface area is 182 Å². The number of hydrazine groups is 1. The number of ether oxygens (including phenoxy) is 2. The van der Waals surface area contributed by atoms with E-state index in [9.17, 15) is 14.0 Å². The molecule has 0 bridgehead atoms. The minimum absolute atomic E-state index is 0.0144. The summed E-state index contributed by atoms with van der Waals surface area (Å²) in [5, 5.41) is 3.29. The van der Waals surface area contributed by atoms with Gasteiger partial charge in [0.1, 0.15) is 17.7 Å². The number of aromatic nitrogens is 2. The molecule has 9 heteroatoms. The predicted molar refractivity (Wildman–Crippen MR) is 119 cm³/mol. The molecule has 3 rings (SSSR count). The normalized spacial score (nSPS) is 17.4. The van der Waals surface area contributed by atoms with Crippen LogP contribution in [0.1, 0.15) is 33.3 Å². The maximum absolute atomic E-state index is 14.8. The predicted octanol–water partition coefficient (Wildman–Crippen LogP) is 2.54. The molecule has 1 aliphatic heterocycles. The zero-order valence-electron chi connectivity index (χ0n) is 19.6. The summed E-state index contributed by atoms with van der Waals surface area (Å²) < 4.78 is 28.3. The van der Waals surface area contributed by atoms with Crippen LogP contribution in [-0.2, 0) is 16.0 Å². The van der Waals surface area contributed by atoms with E-state index in [1.54, 1.807) is 58.0 Å². The Kier molecular flexibility index (Phi) is 7.80. The Bertz CT molecular complexity index is 1030. The Morgan fingerprint density at radius 1 is 1.16 bits per heavy atom. The van der Waals surface area contributed by atoms with Gasteiger partial charge in [-0.2, -0.15) is 0 Å². The summed E-state index contributed by atoms with van der Waals surface area (Å²) >= 11 is 0. The summed E-state index contributed by atoms with van der Waals surface area (Å²) in [5.74, 6) is -1.07. The molecule has 1 aromatic heterocycles. The topological polar surface area (TPSA) is 68.9 Å². The number of anilines is 1. The van der Waals surface area contributed by atoms with Crippen LogP contribution in [0.15, 0.2) is 33.9 Å². The van der Waals surface area contributed by atoms with Gasteiger partial charge in [0.15, 0.2) is 5.79 Å². The molecule has 0 aliphatic carbocycles. The zero-order valence-corrected chi connectivity index (χ0v) is 19.6. The van der Waals surface area contributed by atoms with E-state index in [0.29, 0.717) is 0 Å². The Morgan fingerprint density at radius 2 is 1.81 bits per heavy atom. The van der Waals surface area contributed by atoms with E-state index < -0.39 is 29.0 Å². The van der Waals surface area contributed by atoms with E-state index >= 15 is 0 Å². The standard InChI is InChI=1S/C20H27FN4O4.C2H6/c1-13-7-8-16(15(21)9-13)25-17(23(6)22(4)5)10-18(26)24(19(25)27)11-14-12-28-20(2,3)29-14;1-2/h7-10,14H,11-12H2,1-6H3;1-2H3/t14-;/m0./s1. The van der Waals surface area contributed by atoms with Crippen molar-refractivity contribution in [3.8, 4) is 5.69 Å². The maximum Gasteiger partial charge on any atom is 0.337 e. The number of hydrogen-bond acceptors (Lipinski definition) is 6. The third kappa shape index (κ3) is 5.41. The molecular formula is C22H33FN4O4. The van der Waals surface area contributed by atoms with Crippen LogP contribution in [0.25, 0.3) is 5.69 Å². The number of benzene rings is 1. The van der Waals surface area contributed by atoms with E-state index in [1.165, 1.54) is 22.8 Å².